The second kappa shape index (κ2) is 6.13. The van der Waals surface area contributed by atoms with Gasteiger partial charge in [-0.05, 0) is 71.1 Å². The van der Waals surface area contributed by atoms with E-state index in [-0.39, 0.29) is 5.91 Å². The first kappa shape index (κ1) is 13.9. The van der Waals surface area contributed by atoms with Crippen molar-refractivity contribution >= 4 is 34.2 Å². The van der Waals surface area contributed by atoms with Crippen LogP contribution in [-0.2, 0) is 0 Å². The summed E-state index contributed by atoms with van der Waals surface area (Å²) in [7, 11) is 0. The quantitative estimate of drug-likeness (QED) is 0.666. The largest absolute Gasteiger partial charge is 0.324 e. The first-order chi connectivity index (χ1) is 10.2. The molecule has 1 amide bonds. The van der Waals surface area contributed by atoms with Crippen molar-refractivity contribution in [2.24, 2.45) is 0 Å². The van der Waals surface area contributed by atoms with Gasteiger partial charge in [-0.15, -0.1) is 0 Å². The van der Waals surface area contributed by atoms with Gasteiger partial charge in [0.25, 0.3) is 5.91 Å². The highest BCUT2D eigenvalue weighted by atomic mass is 127. The summed E-state index contributed by atoms with van der Waals surface area (Å²) < 4.78 is 3.04. The second-order valence-corrected chi connectivity index (χ2v) is 5.85. The van der Waals surface area contributed by atoms with Crippen molar-refractivity contribution in [3.8, 4) is 5.69 Å². The first-order valence-corrected chi connectivity index (χ1v) is 7.60. The van der Waals surface area contributed by atoms with E-state index < -0.39 is 0 Å². The van der Waals surface area contributed by atoms with Crippen LogP contribution in [0.5, 0.6) is 0 Å². The maximum Gasteiger partial charge on any atom is 0.255 e. The molecule has 0 aliphatic carbocycles. The molecule has 0 unspecified atom stereocenters. The third-order valence-corrected chi connectivity index (χ3v) is 3.76. The molecule has 3 nitrogen and oxygen atoms in total. The summed E-state index contributed by atoms with van der Waals surface area (Å²) in [5.74, 6) is -0.0989. The monoisotopic (exact) mass is 388 g/mol. The Morgan fingerprint density at radius 3 is 2.48 bits per heavy atom. The number of aromatic nitrogens is 1. The molecule has 4 heteroatoms. The number of amides is 1. The molecule has 0 spiro atoms. The number of carbonyl (C=O) groups excluding carboxylic acids is 1. The Bertz CT molecular complexity index is 766. The molecule has 3 rings (SSSR count). The van der Waals surface area contributed by atoms with Gasteiger partial charge in [0.05, 0.1) is 0 Å². The van der Waals surface area contributed by atoms with Crippen LogP contribution < -0.4 is 5.32 Å². The van der Waals surface area contributed by atoms with Crippen LogP contribution in [0.3, 0.4) is 0 Å². The van der Waals surface area contributed by atoms with Crippen molar-refractivity contribution in [2.45, 2.75) is 0 Å². The van der Waals surface area contributed by atoms with Crippen LogP contribution in [-0.4, -0.2) is 10.5 Å². The van der Waals surface area contributed by atoms with E-state index >= 15 is 0 Å². The molecule has 0 saturated heterocycles. The number of hydrogen-bond donors (Lipinski definition) is 1. The van der Waals surface area contributed by atoms with Crippen molar-refractivity contribution in [1.82, 2.24) is 4.57 Å². The minimum atomic E-state index is -0.0989. The summed E-state index contributed by atoms with van der Waals surface area (Å²) in [5.41, 5.74) is 2.46. The smallest absolute Gasteiger partial charge is 0.255 e. The number of halogens is 1. The van der Waals surface area contributed by atoms with E-state index in [0.29, 0.717) is 5.56 Å². The normalized spacial score (nSPS) is 10.3. The van der Waals surface area contributed by atoms with Crippen LogP contribution in [0.4, 0.5) is 5.69 Å². The Morgan fingerprint density at radius 2 is 1.71 bits per heavy atom. The third-order valence-electron chi connectivity index (χ3n) is 3.09. The lowest BCUT2D eigenvalue weighted by atomic mass is 10.2. The molecule has 0 fully saturated rings. The zero-order chi connectivity index (χ0) is 14.7. The highest BCUT2D eigenvalue weighted by molar-refractivity contribution is 14.1. The van der Waals surface area contributed by atoms with Gasteiger partial charge in [-0.1, -0.05) is 12.1 Å². The number of anilines is 1. The average Bonchev–Trinajstić information content (AvgIpc) is 3.02. The number of carbonyl (C=O) groups is 1. The van der Waals surface area contributed by atoms with E-state index in [1.807, 2.05) is 77.6 Å². The fourth-order valence-corrected chi connectivity index (χ4v) is 2.63. The lowest BCUT2D eigenvalue weighted by Crippen LogP contribution is -2.12. The topological polar surface area (TPSA) is 34.0 Å². The van der Waals surface area contributed by atoms with Crippen LogP contribution in [0.1, 0.15) is 10.4 Å². The first-order valence-electron chi connectivity index (χ1n) is 6.53. The van der Waals surface area contributed by atoms with E-state index in [1.54, 1.807) is 0 Å². The zero-order valence-corrected chi connectivity index (χ0v) is 13.3. The van der Waals surface area contributed by atoms with Gasteiger partial charge < -0.3 is 9.88 Å². The Hall–Kier alpha value is -2.08. The van der Waals surface area contributed by atoms with Gasteiger partial charge in [0.15, 0.2) is 0 Å². The molecular formula is C17H13IN2O. The fraction of sp³-hybridized carbons (Fsp3) is 0. The number of nitrogens with zero attached hydrogens (tertiary/aromatic N) is 1. The molecule has 2 aromatic carbocycles. The van der Waals surface area contributed by atoms with E-state index in [0.717, 1.165) is 14.9 Å². The Kier molecular flexibility index (Phi) is 4.06. The van der Waals surface area contributed by atoms with Gasteiger partial charge in [0.1, 0.15) is 0 Å². The van der Waals surface area contributed by atoms with E-state index in [9.17, 15) is 4.79 Å². The van der Waals surface area contributed by atoms with Gasteiger partial charge in [-0.2, -0.15) is 0 Å². The highest BCUT2D eigenvalue weighted by Gasteiger charge is 2.06. The highest BCUT2D eigenvalue weighted by Crippen LogP contribution is 2.16. The third kappa shape index (κ3) is 3.33. The van der Waals surface area contributed by atoms with Gasteiger partial charge in [0, 0.05) is 32.9 Å². The van der Waals surface area contributed by atoms with Crippen LogP contribution in [0, 0.1) is 3.57 Å². The van der Waals surface area contributed by atoms with Crippen LogP contribution in [0.15, 0.2) is 73.1 Å². The summed E-state index contributed by atoms with van der Waals surface area (Å²) >= 11 is 2.20. The minimum Gasteiger partial charge on any atom is -0.324 e. The molecule has 21 heavy (non-hydrogen) atoms. The average molecular weight is 388 g/mol. The SMILES string of the molecule is O=C(Nc1cccc(-n2cccc2)c1)c1cccc(I)c1. The molecule has 104 valence electrons. The molecule has 0 atom stereocenters. The van der Waals surface area contributed by atoms with Gasteiger partial charge in [0.2, 0.25) is 0 Å². The molecule has 0 aliphatic rings. The molecule has 1 N–H and O–H groups in total. The lowest BCUT2D eigenvalue weighted by Gasteiger charge is -2.08. The van der Waals surface area contributed by atoms with Crippen molar-refractivity contribution in [3.05, 3.63) is 82.2 Å². The number of hydrogen-bond acceptors (Lipinski definition) is 1. The molecule has 0 bridgehead atoms. The number of benzene rings is 2. The van der Waals surface area contributed by atoms with Crippen LogP contribution in [0.2, 0.25) is 0 Å². The number of rotatable bonds is 3. The van der Waals surface area contributed by atoms with Crippen molar-refractivity contribution in [3.63, 3.8) is 0 Å². The molecular weight excluding hydrogens is 375 g/mol. The maximum absolute atomic E-state index is 12.2. The molecule has 0 radical (unpaired) electrons. The van der Waals surface area contributed by atoms with Gasteiger partial charge in [-0.25, -0.2) is 0 Å². The Morgan fingerprint density at radius 1 is 0.952 bits per heavy atom. The van der Waals surface area contributed by atoms with Crippen LogP contribution in [0.25, 0.3) is 5.69 Å². The second-order valence-electron chi connectivity index (χ2n) is 4.61. The van der Waals surface area contributed by atoms with Crippen LogP contribution >= 0.6 is 22.6 Å². The van der Waals surface area contributed by atoms with Crippen molar-refractivity contribution < 1.29 is 4.79 Å². The maximum atomic E-state index is 12.2. The van der Waals surface area contributed by atoms with Crippen molar-refractivity contribution in [1.29, 1.82) is 0 Å². The summed E-state index contributed by atoms with van der Waals surface area (Å²) in [6.45, 7) is 0. The predicted octanol–water partition coefficient (Wildman–Crippen LogP) is 4.33. The molecule has 0 saturated carbocycles. The molecule has 1 heterocycles. The fourth-order valence-electron chi connectivity index (χ4n) is 2.08. The lowest BCUT2D eigenvalue weighted by molar-refractivity contribution is 0.102. The Labute approximate surface area is 136 Å². The summed E-state index contributed by atoms with van der Waals surface area (Å²) in [4.78, 5) is 12.2. The molecule has 0 aliphatic heterocycles. The summed E-state index contributed by atoms with van der Waals surface area (Å²) in [6, 6.07) is 19.2. The standard InChI is InChI=1S/C17H13IN2O/c18-14-6-3-5-13(11-14)17(21)19-15-7-4-8-16(12-15)20-9-1-2-10-20/h1-12H,(H,19,21). The molecule has 1 aromatic heterocycles. The Balaban J connectivity index is 1.82. The summed E-state index contributed by atoms with van der Waals surface area (Å²) in [6.07, 6.45) is 3.95. The van der Waals surface area contributed by atoms with Gasteiger partial charge >= 0.3 is 0 Å². The molecule has 3 aromatic rings. The van der Waals surface area contributed by atoms with Crippen molar-refractivity contribution in [2.75, 3.05) is 5.32 Å². The number of nitrogens with one attached hydrogen (secondary N) is 1. The van der Waals surface area contributed by atoms with E-state index in [2.05, 4.69) is 27.9 Å². The van der Waals surface area contributed by atoms with E-state index in [1.165, 1.54) is 0 Å². The minimum absolute atomic E-state index is 0.0989. The van der Waals surface area contributed by atoms with E-state index in [4.69, 9.17) is 0 Å². The predicted molar refractivity (Wildman–Crippen MR) is 92.9 cm³/mol. The zero-order valence-electron chi connectivity index (χ0n) is 11.2. The summed E-state index contributed by atoms with van der Waals surface area (Å²) in [5, 5.41) is 2.93. The van der Waals surface area contributed by atoms with Gasteiger partial charge in [-0.3, -0.25) is 4.79 Å².